The van der Waals surface area contributed by atoms with Crippen LogP contribution in [0, 0.1) is 19.7 Å². The van der Waals surface area contributed by atoms with E-state index in [0.717, 1.165) is 5.69 Å². The van der Waals surface area contributed by atoms with Crippen LogP contribution in [0.2, 0.25) is 0 Å². The number of aromatic nitrogens is 2. The number of esters is 1. The van der Waals surface area contributed by atoms with Crippen LogP contribution in [0.5, 0.6) is 0 Å². The van der Waals surface area contributed by atoms with Crippen LogP contribution in [-0.2, 0) is 16.6 Å². The van der Waals surface area contributed by atoms with Gasteiger partial charge in [0.1, 0.15) is 5.82 Å². The zero-order valence-corrected chi connectivity index (χ0v) is 16.3. The molecule has 1 heterocycles. The number of benzene rings is 2. The lowest BCUT2D eigenvalue weighted by Gasteiger charge is -2.12. The lowest BCUT2D eigenvalue weighted by Crippen LogP contribution is -2.22. The maximum atomic E-state index is 13.1. The van der Waals surface area contributed by atoms with Gasteiger partial charge in [-0.05, 0) is 50.2 Å². The fourth-order valence-electron chi connectivity index (χ4n) is 2.80. The lowest BCUT2D eigenvalue weighted by atomic mass is 10.1. The molecule has 0 radical (unpaired) electrons. The zero-order valence-electron chi connectivity index (χ0n) is 16.3. The molecular formula is C21H21FN4O3. The third-order valence-corrected chi connectivity index (χ3v) is 4.38. The lowest BCUT2D eigenvalue weighted by molar-refractivity contribution is -0.119. The molecule has 0 unspecified atom stereocenters. The van der Waals surface area contributed by atoms with Crippen molar-refractivity contribution in [3.63, 3.8) is 0 Å². The van der Waals surface area contributed by atoms with Crippen LogP contribution in [0.15, 0.2) is 48.5 Å². The molecule has 7 nitrogen and oxygen atoms in total. The molecule has 3 rings (SSSR count). The van der Waals surface area contributed by atoms with Gasteiger partial charge in [0.15, 0.2) is 6.61 Å². The molecule has 0 spiro atoms. The topological polar surface area (TPSA) is 85.2 Å². The number of aryl methyl sites for hydroxylation is 2. The minimum atomic E-state index is -0.648. The summed E-state index contributed by atoms with van der Waals surface area (Å²) in [6.07, 6.45) is 0. The van der Waals surface area contributed by atoms with Crippen LogP contribution in [-0.4, -0.2) is 28.3 Å². The maximum absolute atomic E-state index is 13.1. The van der Waals surface area contributed by atoms with Crippen LogP contribution < -0.4 is 10.6 Å². The van der Waals surface area contributed by atoms with Crippen LogP contribution >= 0.6 is 0 Å². The van der Waals surface area contributed by atoms with E-state index in [2.05, 4.69) is 15.7 Å². The van der Waals surface area contributed by atoms with Gasteiger partial charge in [0.2, 0.25) is 0 Å². The van der Waals surface area contributed by atoms with Crippen LogP contribution in [0.1, 0.15) is 21.7 Å². The van der Waals surface area contributed by atoms with Gasteiger partial charge in [0.05, 0.1) is 28.3 Å². The molecule has 2 N–H and O–H groups in total. The van der Waals surface area contributed by atoms with Crippen LogP contribution in [0.25, 0.3) is 0 Å². The van der Waals surface area contributed by atoms with E-state index in [1.54, 1.807) is 55.1 Å². The second-order valence-corrected chi connectivity index (χ2v) is 6.47. The number of nitrogens with zero attached hydrogens (tertiary/aromatic N) is 2. The summed E-state index contributed by atoms with van der Waals surface area (Å²) in [4.78, 5) is 24.7. The molecule has 8 heteroatoms. The molecular weight excluding hydrogens is 375 g/mol. The Kier molecular flexibility index (Phi) is 5.92. The molecule has 1 amide bonds. The summed E-state index contributed by atoms with van der Waals surface area (Å²) in [5.74, 6) is -1.46. The quantitative estimate of drug-likeness (QED) is 0.621. The standard InChI is InChI=1S/C21H21FN4O3/c1-13-20(14(2)26(3)25-13)24-19(27)12-29-21(28)17-6-4-5-7-18(17)23-16-10-8-15(22)9-11-16/h4-11,23H,12H2,1-3H3,(H,24,27). The number of halogens is 1. The highest BCUT2D eigenvalue weighted by Gasteiger charge is 2.17. The largest absolute Gasteiger partial charge is 0.452 e. The molecule has 0 saturated heterocycles. The van der Waals surface area contributed by atoms with E-state index in [1.165, 1.54) is 12.1 Å². The van der Waals surface area contributed by atoms with Gasteiger partial charge >= 0.3 is 5.97 Å². The van der Waals surface area contributed by atoms with E-state index >= 15 is 0 Å². The van der Waals surface area contributed by atoms with Crippen molar-refractivity contribution in [2.75, 3.05) is 17.2 Å². The van der Waals surface area contributed by atoms with Crippen molar-refractivity contribution in [1.82, 2.24) is 9.78 Å². The number of ether oxygens (including phenoxy) is 1. The van der Waals surface area contributed by atoms with E-state index < -0.39 is 18.5 Å². The van der Waals surface area contributed by atoms with E-state index in [1.807, 2.05) is 6.92 Å². The Balaban J connectivity index is 1.65. The molecule has 1 aromatic heterocycles. The van der Waals surface area contributed by atoms with Gasteiger partial charge in [-0.15, -0.1) is 0 Å². The first kappa shape index (κ1) is 20.1. The van der Waals surface area contributed by atoms with Crippen molar-refractivity contribution in [3.8, 4) is 0 Å². The number of nitrogens with one attached hydrogen (secondary N) is 2. The number of rotatable bonds is 6. The number of para-hydroxylation sites is 1. The monoisotopic (exact) mass is 396 g/mol. The first-order valence-corrected chi connectivity index (χ1v) is 8.94. The molecule has 0 aliphatic carbocycles. The second-order valence-electron chi connectivity index (χ2n) is 6.47. The van der Waals surface area contributed by atoms with Crippen molar-refractivity contribution >= 4 is 28.9 Å². The number of carbonyl (C=O) groups is 2. The average molecular weight is 396 g/mol. The van der Waals surface area contributed by atoms with Crippen molar-refractivity contribution in [2.24, 2.45) is 7.05 Å². The predicted molar refractivity (Wildman–Crippen MR) is 108 cm³/mol. The predicted octanol–water partition coefficient (Wildman–Crippen LogP) is 3.72. The SMILES string of the molecule is Cc1nn(C)c(C)c1NC(=O)COC(=O)c1ccccc1Nc1ccc(F)cc1. The Morgan fingerprint density at radius 1 is 1.10 bits per heavy atom. The fourth-order valence-corrected chi connectivity index (χ4v) is 2.80. The molecule has 3 aromatic rings. The first-order chi connectivity index (χ1) is 13.8. The summed E-state index contributed by atoms with van der Waals surface area (Å²) in [5, 5.41) is 9.99. The Labute approximate surface area is 167 Å². The minimum Gasteiger partial charge on any atom is -0.452 e. The van der Waals surface area contributed by atoms with Gasteiger partial charge in [-0.1, -0.05) is 12.1 Å². The summed E-state index contributed by atoms with van der Waals surface area (Å²) < 4.78 is 19.9. The molecule has 150 valence electrons. The zero-order chi connectivity index (χ0) is 21.0. The highest BCUT2D eigenvalue weighted by molar-refractivity contribution is 5.99. The number of carbonyl (C=O) groups excluding carboxylic acids is 2. The summed E-state index contributed by atoms with van der Waals surface area (Å²) in [6, 6.07) is 12.5. The highest BCUT2D eigenvalue weighted by Crippen LogP contribution is 2.22. The third kappa shape index (κ3) is 4.78. The summed E-state index contributed by atoms with van der Waals surface area (Å²) in [5.41, 5.74) is 3.45. The second kappa shape index (κ2) is 8.55. The third-order valence-electron chi connectivity index (χ3n) is 4.38. The van der Waals surface area contributed by atoms with Gasteiger partial charge in [0, 0.05) is 12.7 Å². The van der Waals surface area contributed by atoms with E-state index in [9.17, 15) is 14.0 Å². The van der Waals surface area contributed by atoms with Crippen molar-refractivity contribution < 1.29 is 18.7 Å². The molecule has 0 fully saturated rings. The summed E-state index contributed by atoms with van der Waals surface area (Å²) in [6.45, 7) is 3.18. The van der Waals surface area contributed by atoms with Gasteiger partial charge in [-0.25, -0.2) is 9.18 Å². The Morgan fingerprint density at radius 3 is 2.45 bits per heavy atom. The smallest absolute Gasteiger partial charge is 0.340 e. The summed E-state index contributed by atoms with van der Waals surface area (Å²) >= 11 is 0. The van der Waals surface area contributed by atoms with Crippen LogP contribution in [0.4, 0.5) is 21.5 Å². The van der Waals surface area contributed by atoms with E-state index in [0.29, 0.717) is 22.8 Å². The van der Waals surface area contributed by atoms with Crippen molar-refractivity contribution in [2.45, 2.75) is 13.8 Å². The molecule has 0 saturated carbocycles. The van der Waals surface area contributed by atoms with E-state index in [-0.39, 0.29) is 11.4 Å². The maximum Gasteiger partial charge on any atom is 0.340 e. The molecule has 0 atom stereocenters. The van der Waals surface area contributed by atoms with Crippen molar-refractivity contribution in [3.05, 3.63) is 71.3 Å². The molecule has 29 heavy (non-hydrogen) atoms. The molecule has 0 bridgehead atoms. The van der Waals surface area contributed by atoms with Crippen molar-refractivity contribution in [1.29, 1.82) is 0 Å². The number of hydrogen-bond acceptors (Lipinski definition) is 5. The van der Waals surface area contributed by atoms with Gasteiger partial charge in [0.25, 0.3) is 5.91 Å². The fraction of sp³-hybridized carbons (Fsp3) is 0.190. The highest BCUT2D eigenvalue weighted by atomic mass is 19.1. The van der Waals surface area contributed by atoms with Gasteiger partial charge in [-0.2, -0.15) is 5.10 Å². The molecule has 0 aliphatic rings. The Morgan fingerprint density at radius 2 is 1.79 bits per heavy atom. The number of anilines is 3. The number of hydrogen-bond donors (Lipinski definition) is 2. The Bertz CT molecular complexity index is 1040. The molecule has 0 aliphatic heterocycles. The van der Waals surface area contributed by atoms with Gasteiger partial charge in [-0.3, -0.25) is 9.48 Å². The Hall–Kier alpha value is -3.68. The van der Waals surface area contributed by atoms with E-state index in [4.69, 9.17) is 4.74 Å². The average Bonchev–Trinajstić information content (AvgIpc) is 2.94. The summed E-state index contributed by atoms with van der Waals surface area (Å²) in [7, 11) is 1.78. The number of amides is 1. The van der Waals surface area contributed by atoms with Gasteiger partial charge < -0.3 is 15.4 Å². The minimum absolute atomic E-state index is 0.262. The molecule has 2 aromatic carbocycles. The normalized spacial score (nSPS) is 10.5. The van der Waals surface area contributed by atoms with Crippen LogP contribution in [0.3, 0.4) is 0 Å². The first-order valence-electron chi connectivity index (χ1n) is 8.94.